The molecule has 7 heteroatoms. The summed E-state index contributed by atoms with van der Waals surface area (Å²) >= 11 is 0. The van der Waals surface area contributed by atoms with Crippen LogP contribution >= 0.6 is 0 Å². The van der Waals surface area contributed by atoms with Gasteiger partial charge in [-0.05, 0) is 62.1 Å². The normalized spacial score (nSPS) is 23.6. The van der Waals surface area contributed by atoms with Crippen molar-refractivity contribution in [2.24, 2.45) is 11.7 Å². The van der Waals surface area contributed by atoms with Gasteiger partial charge in [-0.25, -0.2) is 0 Å². The highest BCUT2D eigenvalue weighted by molar-refractivity contribution is 6.13. The van der Waals surface area contributed by atoms with Crippen LogP contribution in [0, 0.1) is 5.92 Å². The maximum atomic E-state index is 13.2. The van der Waals surface area contributed by atoms with Crippen LogP contribution in [-0.2, 0) is 9.59 Å². The number of hydrogen-bond donors (Lipinski definition) is 2. The Bertz CT molecular complexity index is 1150. The molecule has 3 amide bonds. The van der Waals surface area contributed by atoms with Gasteiger partial charge in [-0.2, -0.15) is 0 Å². The molecule has 2 fully saturated rings. The van der Waals surface area contributed by atoms with Crippen molar-refractivity contribution in [2.75, 3.05) is 19.6 Å². The fourth-order valence-electron chi connectivity index (χ4n) is 5.70. The zero-order valence-corrected chi connectivity index (χ0v) is 20.6. The van der Waals surface area contributed by atoms with Crippen LogP contribution in [-0.4, -0.2) is 59.2 Å². The van der Waals surface area contributed by atoms with Gasteiger partial charge >= 0.3 is 0 Å². The second-order valence-corrected chi connectivity index (χ2v) is 10.1. The molecule has 3 N–H and O–H groups in total. The number of likely N-dealkylation sites (tertiary alicyclic amines) is 1. The van der Waals surface area contributed by atoms with Crippen LogP contribution in [0.4, 0.5) is 0 Å². The molecule has 36 heavy (non-hydrogen) atoms. The third kappa shape index (κ3) is 5.07. The topological polar surface area (TPSA) is 95.7 Å². The number of carbonyl (C=O) groups excluding carboxylic acids is 3. The molecule has 1 atom stereocenters. The fourth-order valence-corrected chi connectivity index (χ4v) is 5.70. The molecule has 0 radical (unpaired) electrons. The number of benzene rings is 2. The summed E-state index contributed by atoms with van der Waals surface area (Å²) < 4.78 is 0. The van der Waals surface area contributed by atoms with Gasteiger partial charge in [-0.1, -0.05) is 48.5 Å². The maximum Gasteiger partial charge on any atom is 0.259 e. The molecule has 1 saturated heterocycles. The zero-order valence-electron chi connectivity index (χ0n) is 20.6. The predicted molar refractivity (Wildman–Crippen MR) is 139 cm³/mol. The number of amides is 3. The van der Waals surface area contributed by atoms with Crippen molar-refractivity contribution >= 4 is 29.5 Å². The van der Waals surface area contributed by atoms with Crippen molar-refractivity contribution < 1.29 is 14.4 Å². The molecule has 188 valence electrons. The smallest absolute Gasteiger partial charge is 0.259 e. The molecule has 1 saturated carbocycles. The molecule has 5 rings (SSSR count). The summed E-state index contributed by atoms with van der Waals surface area (Å²) in [6.45, 7) is 1.61. The van der Waals surface area contributed by atoms with E-state index in [1.54, 1.807) is 4.90 Å². The van der Waals surface area contributed by atoms with E-state index in [9.17, 15) is 14.4 Å². The van der Waals surface area contributed by atoms with E-state index in [-0.39, 0.29) is 36.2 Å². The Morgan fingerprint density at radius 1 is 0.944 bits per heavy atom. The van der Waals surface area contributed by atoms with Gasteiger partial charge in [-0.15, -0.1) is 0 Å². The van der Waals surface area contributed by atoms with Crippen LogP contribution in [0.25, 0.3) is 11.8 Å². The average molecular weight is 487 g/mol. The van der Waals surface area contributed by atoms with Crippen LogP contribution < -0.4 is 11.1 Å². The van der Waals surface area contributed by atoms with Crippen molar-refractivity contribution in [3.05, 3.63) is 71.3 Å². The Hall–Kier alpha value is -3.45. The second kappa shape index (κ2) is 10.7. The summed E-state index contributed by atoms with van der Waals surface area (Å²) in [4.78, 5) is 42.4. The summed E-state index contributed by atoms with van der Waals surface area (Å²) in [6.07, 6.45) is 7.30. The molecule has 2 aromatic rings. The van der Waals surface area contributed by atoms with Gasteiger partial charge in [-0.3, -0.25) is 19.3 Å². The molecule has 1 aliphatic carbocycles. The lowest BCUT2D eigenvalue weighted by Crippen LogP contribution is -2.49. The number of nitrogens with zero attached hydrogens (tertiary/aromatic N) is 2. The predicted octanol–water partition coefficient (Wildman–Crippen LogP) is 3.27. The first kappa shape index (κ1) is 24.3. The first-order valence-electron chi connectivity index (χ1n) is 13.0. The zero-order chi connectivity index (χ0) is 25.1. The molecule has 0 aromatic heterocycles. The van der Waals surface area contributed by atoms with Crippen LogP contribution in [0.15, 0.2) is 54.6 Å². The summed E-state index contributed by atoms with van der Waals surface area (Å²) in [5.41, 5.74) is 9.51. The standard InChI is InChI=1S/C29H34N4O3/c30-27(29(36)32-16-6-7-17-32)21-12-14-22(15-13-21)31-26(34)19-33-25(18-20-8-2-1-3-9-20)23-10-4-5-11-24(23)28(33)35/h1-5,8-11,18,21-22,27H,6-7,12-17,19,30H2,(H,31,34)/b25-18+/t21?,22?,27-/m0/s1. The lowest BCUT2D eigenvalue weighted by atomic mass is 9.81. The van der Waals surface area contributed by atoms with Gasteiger partial charge < -0.3 is 16.0 Å². The number of carbonyl (C=O) groups is 3. The number of fused-ring (bicyclic) bond motifs is 1. The minimum atomic E-state index is -0.453. The lowest BCUT2D eigenvalue weighted by Gasteiger charge is -2.33. The molecule has 0 spiro atoms. The van der Waals surface area contributed by atoms with Gasteiger partial charge in [0.15, 0.2) is 0 Å². The molecule has 2 aliphatic heterocycles. The monoisotopic (exact) mass is 486 g/mol. The van der Waals surface area contributed by atoms with Crippen molar-refractivity contribution in [2.45, 2.75) is 50.6 Å². The first-order valence-corrected chi connectivity index (χ1v) is 13.0. The van der Waals surface area contributed by atoms with Crippen LogP contribution in [0.2, 0.25) is 0 Å². The van der Waals surface area contributed by atoms with Gasteiger partial charge in [0.2, 0.25) is 11.8 Å². The highest BCUT2D eigenvalue weighted by Gasteiger charge is 2.35. The van der Waals surface area contributed by atoms with Crippen molar-refractivity contribution in [3.63, 3.8) is 0 Å². The third-order valence-corrected chi connectivity index (χ3v) is 7.72. The number of hydrogen-bond acceptors (Lipinski definition) is 4. The van der Waals surface area contributed by atoms with Crippen LogP contribution in [0.5, 0.6) is 0 Å². The van der Waals surface area contributed by atoms with Crippen molar-refractivity contribution in [3.8, 4) is 0 Å². The Morgan fingerprint density at radius 3 is 2.28 bits per heavy atom. The molecule has 2 aromatic carbocycles. The average Bonchev–Trinajstić information content (AvgIpc) is 3.53. The molecule has 0 bridgehead atoms. The molecule has 3 aliphatic rings. The third-order valence-electron chi connectivity index (χ3n) is 7.72. The molecular weight excluding hydrogens is 452 g/mol. The van der Waals surface area contributed by atoms with Gasteiger partial charge in [0.05, 0.1) is 11.7 Å². The first-order chi connectivity index (χ1) is 17.5. The molecule has 7 nitrogen and oxygen atoms in total. The van der Waals surface area contributed by atoms with E-state index in [1.165, 1.54) is 0 Å². The van der Waals surface area contributed by atoms with E-state index in [4.69, 9.17) is 5.73 Å². The SMILES string of the molecule is N[C@H](C(=O)N1CCCC1)C1CCC(NC(=O)CN2C(=O)c3ccccc3/C2=C\c2ccccc2)CC1. The van der Waals surface area contributed by atoms with E-state index >= 15 is 0 Å². The van der Waals surface area contributed by atoms with E-state index in [0.717, 1.165) is 68.4 Å². The van der Waals surface area contributed by atoms with Crippen molar-refractivity contribution in [1.82, 2.24) is 15.1 Å². The molecular formula is C29H34N4O3. The number of rotatable bonds is 6. The van der Waals surface area contributed by atoms with E-state index in [2.05, 4.69) is 5.32 Å². The quantitative estimate of drug-likeness (QED) is 0.655. The summed E-state index contributed by atoms with van der Waals surface area (Å²) in [5, 5.41) is 3.13. The summed E-state index contributed by atoms with van der Waals surface area (Å²) in [7, 11) is 0. The Balaban J connectivity index is 1.20. The molecule has 0 unspecified atom stereocenters. The van der Waals surface area contributed by atoms with Crippen molar-refractivity contribution in [1.29, 1.82) is 0 Å². The summed E-state index contributed by atoms with van der Waals surface area (Å²) in [6, 6.07) is 16.9. The second-order valence-electron chi connectivity index (χ2n) is 10.1. The van der Waals surface area contributed by atoms with Gasteiger partial charge in [0, 0.05) is 30.3 Å². The summed E-state index contributed by atoms with van der Waals surface area (Å²) in [5.74, 6) is -0.0970. The maximum absolute atomic E-state index is 13.2. The van der Waals surface area contributed by atoms with Crippen LogP contribution in [0.1, 0.15) is 60.0 Å². The minimum Gasteiger partial charge on any atom is -0.352 e. The Kier molecular flexibility index (Phi) is 7.18. The number of nitrogens with one attached hydrogen (secondary N) is 1. The van der Waals surface area contributed by atoms with Crippen LogP contribution in [0.3, 0.4) is 0 Å². The van der Waals surface area contributed by atoms with E-state index in [0.29, 0.717) is 5.56 Å². The lowest BCUT2D eigenvalue weighted by molar-refractivity contribution is -0.133. The van der Waals surface area contributed by atoms with E-state index in [1.807, 2.05) is 65.6 Å². The van der Waals surface area contributed by atoms with E-state index < -0.39 is 6.04 Å². The van der Waals surface area contributed by atoms with Gasteiger partial charge in [0.25, 0.3) is 5.91 Å². The fraction of sp³-hybridized carbons (Fsp3) is 0.414. The highest BCUT2D eigenvalue weighted by Crippen LogP contribution is 2.34. The highest BCUT2D eigenvalue weighted by atomic mass is 16.2. The molecule has 2 heterocycles. The Morgan fingerprint density at radius 2 is 1.58 bits per heavy atom. The minimum absolute atomic E-state index is 0.0287. The van der Waals surface area contributed by atoms with Gasteiger partial charge in [0.1, 0.15) is 6.54 Å². The largest absolute Gasteiger partial charge is 0.352 e. The Labute approximate surface area is 212 Å². The number of nitrogens with two attached hydrogens (primary N) is 1.